The minimum absolute atomic E-state index is 0.125. The number of ether oxygens (including phenoxy) is 3. The van der Waals surface area contributed by atoms with Crippen molar-refractivity contribution >= 4 is 5.91 Å². The molecule has 1 fully saturated rings. The maximum absolute atomic E-state index is 12.7. The molecule has 0 aliphatic carbocycles. The van der Waals surface area contributed by atoms with Crippen LogP contribution in [0.3, 0.4) is 0 Å². The Balaban J connectivity index is 1.52. The number of rotatable bonds is 9. The zero-order valence-corrected chi connectivity index (χ0v) is 19.0. The molecule has 1 aromatic heterocycles. The summed E-state index contributed by atoms with van der Waals surface area (Å²) in [5.74, 6) is 1.86. The van der Waals surface area contributed by atoms with Crippen molar-refractivity contribution in [1.82, 2.24) is 14.8 Å². The van der Waals surface area contributed by atoms with E-state index in [2.05, 4.69) is 22.0 Å². The normalized spacial score (nSPS) is 13.8. The Kier molecular flexibility index (Phi) is 7.59. The average Bonchev–Trinajstić information content (AvgIpc) is 3.33. The van der Waals surface area contributed by atoms with Gasteiger partial charge in [-0.15, -0.1) is 0 Å². The number of morpholine rings is 1. The van der Waals surface area contributed by atoms with E-state index in [1.165, 1.54) is 11.8 Å². The first kappa shape index (κ1) is 22.8. The highest BCUT2D eigenvalue weighted by molar-refractivity contribution is 5.92. The number of hydrogen-bond acceptors (Lipinski definition) is 7. The molecule has 0 N–H and O–H groups in total. The lowest BCUT2D eigenvalue weighted by Gasteiger charge is -2.25. The Bertz CT molecular complexity index is 1050. The second-order valence-corrected chi connectivity index (χ2v) is 7.84. The summed E-state index contributed by atoms with van der Waals surface area (Å²) in [7, 11) is 3.28. The molecule has 4 rings (SSSR count). The van der Waals surface area contributed by atoms with E-state index in [1.54, 1.807) is 19.1 Å². The van der Waals surface area contributed by atoms with E-state index in [4.69, 9.17) is 18.6 Å². The molecule has 174 valence electrons. The summed E-state index contributed by atoms with van der Waals surface area (Å²) in [6, 6.07) is 16.0. The maximum atomic E-state index is 12.7. The number of methoxy groups -OCH3 is 2. The molecule has 0 atom stereocenters. The summed E-state index contributed by atoms with van der Waals surface area (Å²) in [5, 5.41) is 0. The van der Waals surface area contributed by atoms with Gasteiger partial charge >= 0.3 is 0 Å². The van der Waals surface area contributed by atoms with E-state index in [9.17, 15) is 4.79 Å². The van der Waals surface area contributed by atoms with E-state index < -0.39 is 0 Å². The molecule has 0 spiro atoms. The number of nitrogens with zero attached hydrogens (tertiary/aromatic N) is 3. The lowest BCUT2D eigenvalue weighted by atomic mass is 10.1. The van der Waals surface area contributed by atoms with Crippen molar-refractivity contribution in [2.24, 2.45) is 0 Å². The third-order valence-corrected chi connectivity index (χ3v) is 5.57. The number of oxazole rings is 1. The lowest BCUT2D eigenvalue weighted by Crippen LogP contribution is -2.40. The van der Waals surface area contributed by atoms with Gasteiger partial charge in [0, 0.05) is 37.8 Å². The van der Waals surface area contributed by atoms with Crippen LogP contribution in [0.25, 0.3) is 0 Å². The molecule has 3 aromatic rings. The number of aromatic nitrogens is 1. The molecule has 1 saturated heterocycles. The molecule has 8 heteroatoms. The van der Waals surface area contributed by atoms with Crippen molar-refractivity contribution in [3.63, 3.8) is 0 Å². The van der Waals surface area contributed by atoms with Crippen LogP contribution in [0.1, 0.15) is 27.5 Å². The molecule has 0 unspecified atom stereocenters. The summed E-state index contributed by atoms with van der Waals surface area (Å²) >= 11 is 0. The fourth-order valence-corrected chi connectivity index (χ4v) is 3.83. The number of amides is 1. The van der Waals surface area contributed by atoms with Gasteiger partial charge in [-0.1, -0.05) is 36.4 Å². The molecule has 0 bridgehead atoms. The molecule has 1 aliphatic rings. The maximum Gasteiger partial charge on any atom is 0.275 e. The van der Waals surface area contributed by atoms with E-state index in [1.807, 2.05) is 36.4 Å². The SMILES string of the molecule is COc1ccc(CN(Cc2ccccc2)Cc2nc(C(=O)N3CCOCC3)co2)c(OC)c1. The third-order valence-electron chi connectivity index (χ3n) is 5.57. The fraction of sp³-hybridized carbons (Fsp3) is 0.360. The number of carbonyl (C=O) groups is 1. The summed E-state index contributed by atoms with van der Waals surface area (Å²) in [6.07, 6.45) is 1.45. The second kappa shape index (κ2) is 11.0. The van der Waals surface area contributed by atoms with Crippen molar-refractivity contribution in [2.45, 2.75) is 19.6 Å². The molecular formula is C25H29N3O5. The molecule has 1 aliphatic heterocycles. The monoisotopic (exact) mass is 451 g/mol. The first-order chi connectivity index (χ1) is 16.2. The first-order valence-electron chi connectivity index (χ1n) is 10.9. The second-order valence-electron chi connectivity index (χ2n) is 7.84. The molecular weight excluding hydrogens is 422 g/mol. The van der Waals surface area contributed by atoms with Crippen LogP contribution in [0.4, 0.5) is 0 Å². The van der Waals surface area contributed by atoms with Gasteiger partial charge in [0.1, 0.15) is 17.8 Å². The van der Waals surface area contributed by atoms with Crippen molar-refractivity contribution in [2.75, 3.05) is 40.5 Å². The van der Waals surface area contributed by atoms with Gasteiger partial charge in [-0.3, -0.25) is 9.69 Å². The van der Waals surface area contributed by atoms with Gasteiger partial charge in [-0.25, -0.2) is 4.98 Å². The Morgan fingerprint density at radius 1 is 1.03 bits per heavy atom. The molecule has 2 aromatic carbocycles. The van der Waals surface area contributed by atoms with Gasteiger partial charge in [0.15, 0.2) is 5.69 Å². The fourth-order valence-electron chi connectivity index (χ4n) is 3.83. The quantitative estimate of drug-likeness (QED) is 0.494. The Hall–Kier alpha value is -3.36. The summed E-state index contributed by atoms with van der Waals surface area (Å²) in [5.41, 5.74) is 2.51. The zero-order valence-electron chi connectivity index (χ0n) is 19.0. The minimum atomic E-state index is -0.125. The van der Waals surface area contributed by atoms with Gasteiger partial charge in [0.05, 0.1) is 34.0 Å². The largest absolute Gasteiger partial charge is 0.497 e. The predicted octanol–water partition coefficient (Wildman–Crippen LogP) is 3.37. The van der Waals surface area contributed by atoms with E-state index in [0.717, 1.165) is 17.1 Å². The summed E-state index contributed by atoms with van der Waals surface area (Å²) < 4.78 is 21.9. The molecule has 1 amide bonds. The molecule has 0 saturated carbocycles. The van der Waals surface area contributed by atoms with Crippen LogP contribution >= 0.6 is 0 Å². The van der Waals surface area contributed by atoms with Crippen LogP contribution in [0.2, 0.25) is 0 Å². The van der Waals surface area contributed by atoms with Crippen molar-refractivity contribution in [3.05, 3.63) is 77.5 Å². The Morgan fingerprint density at radius 3 is 2.55 bits per heavy atom. The van der Waals surface area contributed by atoms with Gasteiger partial charge in [-0.05, 0) is 11.6 Å². The molecule has 33 heavy (non-hydrogen) atoms. The van der Waals surface area contributed by atoms with Gasteiger partial charge in [-0.2, -0.15) is 0 Å². The topological polar surface area (TPSA) is 77.3 Å². The van der Waals surface area contributed by atoms with Gasteiger partial charge in [0.25, 0.3) is 5.91 Å². The van der Waals surface area contributed by atoms with Crippen LogP contribution in [0.5, 0.6) is 11.5 Å². The van der Waals surface area contributed by atoms with Crippen LogP contribution < -0.4 is 9.47 Å². The average molecular weight is 452 g/mol. The molecule has 2 heterocycles. The van der Waals surface area contributed by atoms with E-state index >= 15 is 0 Å². The van der Waals surface area contributed by atoms with Crippen LogP contribution in [-0.2, 0) is 24.4 Å². The van der Waals surface area contributed by atoms with Gasteiger partial charge < -0.3 is 23.5 Å². The molecule has 0 radical (unpaired) electrons. The summed E-state index contributed by atoms with van der Waals surface area (Å²) in [6.45, 7) is 3.97. The molecule has 8 nitrogen and oxygen atoms in total. The predicted molar refractivity (Wildman–Crippen MR) is 122 cm³/mol. The van der Waals surface area contributed by atoms with Crippen LogP contribution in [0.15, 0.2) is 59.2 Å². The number of hydrogen-bond donors (Lipinski definition) is 0. The van der Waals surface area contributed by atoms with Crippen LogP contribution in [-0.4, -0.2) is 61.2 Å². The van der Waals surface area contributed by atoms with Crippen molar-refractivity contribution < 1.29 is 23.4 Å². The first-order valence-corrected chi connectivity index (χ1v) is 10.9. The smallest absolute Gasteiger partial charge is 0.275 e. The van der Waals surface area contributed by atoms with Crippen molar-refractivity contribution in [1.29, 1.82) is 0 Å². The highest BCUT2D eigenvalue weighted by Gasteiger charge is 2.22. The standard InChI is InChI=1S/C25H29N3O5/c1-30-21-9-8-20(23(14-21)31-2)16-27(15-19-6-4-3-5-7-19)17-24-26-22(18-33-24)25(29)28-10-12-32-13-11-28/h3-9,14,18H,10-13,15-17H2,1-2H3. The van der Waals surface area contributed by atoms with E-state index in [0.29, 0.717) is 57.5 Å². The zero-order chi connectivity index (χ0) is 23.0. The Labute approximate surface area is 193 Å². The highest BCUT2D eigenvalue weighted by atomic mass is 16.5. The number of benzene rings is 2. The Morgan fingerprint density at radius 2 is 1.82 bits per heavy atom. The summed E-state index contributed by atoms with van der Waals surface area (Å²) in [4.78, 5) is 21.2. The van der Waals surface area contributed by atoms with E-state index in [-0.39, 0.29) is 5.91 Å². The highest BCUT2D eigenvalue weighted by Crippen LogP contribution is 2.27. The van der Waals surface area contributed by atoms with Gasteiger partial charge in [0.2, 0.25) is 5.89 Å². The lowest BCUT2D eigenvalue weighted by molar-refractivity contribution is 0.0299. The third kappa shape index (κ3) is 5.91. The number of carbonyl (C=O) groups excluding carboxylic acids is 1. The minimum Gasteiger partial charge on any atom is -0.497 e. The van der Waals surface area contributed by atoms with Crippen molar-refractivity contribution in [3.8, 4) is 11.5 Å². The van der Waals surface area contributed by atoms with Crippen LogP contribution in [0, 0.1) is 0 Å².